The van der Waals surface area contributed by atoms with Gasteiger partial charge in [-0.1, -0.05) is 12.2 Å². The van der Waals surface area contributed by atoms with Crippen LogP contribution in [0.1, 0.15) is 33.6 Å². The molecule has 2 rings (SSSR count). The number of nitrogens with one attached hydrogen (secondary N) is 2. The average Bonchev–Trinajstić information content (AvgIpc) is 2.63. The number of halogens is 2. The molecule has 7 heteroatoms. The van der Waals surface area contributed by atoms with Crippen molar-refractivity contribution in [1.82, 2.24) is 15.5 Å². The molecule has 28 heavy (non-hydrogen) atoms. The summed E-state index contributed by atoms with van der Waals surface area (Å²) in [6, 6.07) is 6.50. The highest BCUT2D eigenvalue weighted by molar-refractivity contribution is 14.0. The van der Waals surface area contributed by atoms with Crippen LogP contribution in [0.3, 0.4) is 0 Å². The highest BCUT2D eigenvalue weighted by Crippen LogP contribution is 2.13. The van der Waals surface area contributed by atoms with Crippen molar-refractivity contribution in [3.8, 4) is 5.75 Å². The Morgan fingerprint density at radius 1 is 1.32 bits per heavy atom. The molecular weight excluding hydrogens is 470 g/mol. The fraction of sp³-hybridized carbons (Fsp3) is 0.571. The predicted octanol–water partition coefficient (Wildman–Crippen LogP) is 3.81. The van der Waals surface area contributed by atoms with Crippen molar-refractivity contribution in [1.29, 1.82) is 0 Å². The first-order chi connectivity index (χ1) is 13.0. The zero-order valence-corrected chi connectivity index (χ0v) is 19.5. The van der Waals surface area contributed by atoms with Gasteiger partial charge in [0.2, 0.25) is 0 Å². The normalized spacial score (nSPS) is 16.8. The zero-order valence-electron chi connectivity index (χ0n) is 17.2. The molecule has 1 heterocycles. The first kappa shape index (κ1) is 24.7. The van der Waals surface area contributed by atoms with Gasteiger partial charge in [0, 0.05) is 32.2 Å². The molecule has 1 saturated heterocycles. The van der Waals surface area contributed by atoms with Gasteiger partial charge in [-0.05, 0) is 57.9 Å². The number of aliphatic imine (C=N–C) groups is 1. The van der Waals surface area contributed by atoms with Crippen LogP contribution in [-0.4, -0.2) is 55.7 Å². The van der Waals surface area contributed by atoms with E-state index in [0.717, 1.165) is 45.0 Å². The quantitative estimate of drug-likeness (QED) is 0.245. The Balaban J connectivity index is 0.00000392. The highest BCUT2D eigenvalue weighted by atomic mass is 127. The second-order valence-electron chi connectivity index (χ2n) is 7.25. The Morgan fingerprint density at radius 3 is 2.54 bits per heavy atom. The van der Waals surface area contributed by atoms with Gasteiger partial charge < -0.3 is 15.4 Å². The number of likely N-dealkylation sites (tertiary alicyclic amines) is 1. The number of nitrogens with zero attached hydrogens (tertiary/aromatic N) is 2. The smallest absolute Gasteiger partial charge is 0.191 e. The Bertz CT molecular complexity index is 615. The molecule has 0 aromatic heterocycles. The van der Waals surface area contributed by atoms with E-state index in [9.17, 15) is 4.39 Å². The van der Waals surface area contributed by atoms with E-state index in [2.05, 4.69) is 41.0 Å². The van der Waals surface area contributed by atoms with Crippen molar-refractivity contribution in [3.05, 3.63) is 42.2 Å². The lowest BCUT2D eigenvalue weighted by atomic mass is 10.0. The van der Waals surface area contributed by atoms with Gasteiger partial charge in [0.1, 0.15) is 17.7 Å². The van der Waals surface area contributed by atoms with Gasteiger partial charge in [-0.3, -0.25) is 4.90 Å². The summed E-state index contributed by atoms with van der Waals surface area (Å²) in [7, 11) is 0. The maximum absolute atomic E-state index is 13.0. The Morgan fingerprint density at radius 2 is 1.96 bits per heavy atom. The summed E-state index contributed by atoms with van der Waals surface area (Å²) >= 11 is 0. The van der Waals surface area contributed by atoms with Crippen LogP contribution in [-0.2, 0) is 0 Å². The van der Waals surface area contributed by atoms with Crippen LogP contribution in [0.15, 0.2) is 41.4 Å². The summed E-state index contributed by atoms with van der Waals surface area (Å²) in [6.07, 6.45) is 2.10. The Hall–Kier alpha value is -1.35. The highest BCUT2D eigenvalue weighted by Gasteiger charge is 2.19. The molecule has 0 bridgehead atoms. The minimum absolute atomic E-state index is 0. The summed E-state index contributed by atoms with van der Waals surface area (Å²) in [5.41, 5.74) is 1.21. The van der Waals surface area contributed by atoms with Gasteiger partial charge in [-0.15, -0.1) is 24.0 Å². The molecule has 0 aliphatic carbocycles. The van der Waals surface area contributed by atoms with E-state index >= 15 is 0 Å². The SMILES string of the molecule is C=C(C)CN1CCC(NC(=NCC(C)Oc2ccc(F)cc2)NCC)CC1.I. The third-order valence-corrected chi connectivity index (χ3v) is 4.42. The third-order valence-electron chi connectivity index (χ3n) is 4.42. The lowest BCUT2D eigenvalue weighted by molar-refractivity contribution is 0.220. The summed E-state index contributed by atoms with van der Waals surface area (Å²) in [6.45, 7) is 14.6. The number of piperidine rings is 1. The monoisotopic (exact) mass is 504 g/mol. The van der Waals surface area contributed by atoms with Crippen LogP contribution in [0.2, 0.25) is 0 Å². The first-order valence-electron chi connectivity index (χ1n) is 9.80. The Kier molecular flexibility index (Phi) is 11.4. The molecule has 1 fully saturated rings. The van der Waals surface area contributed by atoms with E-state index in [-0.39, 0.29) is 35.9 Å². The molecule has 5 nitrogen and oxygen atoms in total. The molecular formula is C21H34FIN4O. The van der Waals surface area contributed by atoms with Crippen molar-refractivity contribution in [3.63, 3.8) is 0 Å². The molecule has 2 N–H and O–H groups in total. The van der Waals surface area contributed by atoms with E-state index in [4.69, 9.17) is 4.74 Å². The summed E-state index contributed by atoms with van der Waals surface area (Å²) < 4.78 is 18.8. The third kappa shape index (κ3) is 9.23. The van der Waals surface area contributed by atoms with Crippen molar-refractivity contribution >= 4 is 29.9 Å². The number of ether oxygens (including phenoxy) is 1. The van der Waals surface area contributed by atoms with Crippen LogP contribution < -0.4 is 15.4 Å². The minimum Gasteiger partial charge on any atom is -0.489 e. The second kappa shape index (κ2) is 13.0. The molecule has 0 radical (unpaired) electrons. The second-order valence-corrected chi connectivity index (χ2v) is 7.25. The summed E-state index contributed by atoms with van der Waals surface area (Å²) in [4.78, 5) is 7.10. The molecule has 1 aliphatic heterocycles. The molecule has 158 valence electrons. The summed E-state index contributed by atoms with van der Waals surface area (Å²) in [5, 5.41) is 6.85. The predicted molar refractivity (Wildman–Crippen MR) is 125 cm³/mol. The minimum atomic E-state index is -0.263. The largest absolute Gasteiger partial charge is 0.489 e. The Labute approximate surface area is 185 Å². The van der Waals surface area contributed by atoms with Crippen molar-refractivity contribution in [2.45, 2.75) is 45.8 Å². The van der Waals surface area contributed by atoms with E-state index < -0.39 is 0 Å². The van der Waals surface area contributed by atoms with Gasteiger partial charge in [0.05, 0.1) is 6.54 Å². The summed E-state index contributed by atoms with van der Waals surface area (Å²) in [5.74, 6) is 1.22. The van der Waals surface area contributed by atoms with Crippen LogP contribution in [0.4, 0.5) is 4.39 Å². The molecule has 0 amide bonds. The zero-order chi connectivity index (χ0) is 19.6. The standard InChI is InChI=1S/C21H33FN4O.HI/c1-5-23-21(25-19-10-12-26(13-11-19)15-16(2)3)24-14-17(4)27-20-8-6-18(22)7-9-20;/h6-9,17,19H,2,5,10-15H2,1,3-4H3,(H2,23,24,25);1H. The molecule has 0 saturated carbocycles. The molecule has 1 aromatic rings. The van der Waals surface area contributed by atoms with Gasteiger partial charge in [0.25, 0.3) is 0 Å². The van der Waals surface area contributed by atoms with Crippen molar-refractivity contribution in [2.75, 3.05) is 32.7 Å². The number of rotatable bonds is 8. The average molecular weight is 504 g/mol. The topological polar surface area (TPSA) is 48.9 Å². The van der Waals surface area contributed by atoms with Gasteiger partial charge in [0.15, 0.2) is 5.96 Å². The lowest BCUT2D eigenvalue weighted by Gasteiger charge is -2.33. The lowest BCUT2D eigenvalue weighted by Crippen LogP contribution is -2.49. The van der Waals surface area contributed by atoms with Crippen molar-refractivity contribution < 1.29 is 9.13 Å². The first-order valence-corrected chi connectivity index (χ1v) is 9.80. The molecule has 1 atom stereocenters. The van der Waals surface area contributed by atoms with E-state index in [1.54, 1.807) is 12.1 Å². The van der Waals surface area contributed by atoms with Crippen LogP contribution in [0.5, 0.6) is 5.75 Å². The van der Waals surface area contributed by atoms with Gasteiger partial charge in [-0.25, -0.2) is 9.38 Å². The number of benzene rings is 1. The van der Waals surface area contributed by atoms with Crippen molar-refractivity contribution in [2.24, 2.45) is 4.99 Å². The van der Waals surface area contributed by atoms with Crippen LogP contribution in [0, 0.1) is 5.82 Å². The van der Waals surface area contributed by atoms with Crippen LogP contribution >= 0.6 is 24.0 Å². The fourth-order valence-corrected chi connectivity index (χ4v) is 3.13. The van der Waals surface area contributed by atoms with E-state index in [1.807, 2.05) is 6.92 Å². The van der Waals surface area contributed by atoms with Crippen LogP contribution in [0.25, 0.3) is 0 Å². The number of guanidine groups is 1. The van der Waals surface area contributed by atoms with Gasteiger partial charge in [-0.2, -0.15) is 0 Å². The van der Waals surface area contributed by atoms with E-state index in [1.165, 1.54) is 17.7 Å². The molecule has 0 spiro atoms. The molecule has 1 aromatic carbocycles. The maximum atomic E-state index is 13.0. The number of hydrogen-bond acceptors (Lipinski definition) is 3. The van der Waals surface area contributed by atoms with Gasteiger partial charge >= 0.3 is 0 Å². The fourth-order valence-electron chi connectivity index (χ4n) is 3.13. The number of hydrogen-bond donors (Lipinski definition) is 2. The molecule has 1 unspecified atom stereocenters. The molecule has 1 aliphatic rings. The maximum Gasteiger partial charge on any atom is 0.191 e. The van der Waals surface area contributed by atoms with E-state index in [0.29, 0.717) is 18.3 Å².